The molecule has 3 heterocycles. The summed E-state index contributed by atoms with van der Waals surface area (Å²) in [6, 6.07) is 8.18. The van der Waals surface area contributed by atoms with Crippen LogP contribution in [-0.4, -0.2) is 26.6 Å². The Labute approximate surface area is 186 Å². The van der Waals surface area contributed by atoms with E-state index in [1.54, 1.807) is 0 Å². The Morgan fingerprint density at radius 3 is 2.97 bits per heavy atom. The number of hydrogen-bond donors (Lipinski definition) is 1. The summed E-state index contributed by atoms with van der Waals surface area (Å²) in [6.45, 7) is 0.914. The number of para-hydroxylation sites is 1. The molecule has 0 bridgehead atoms. The van der Waals surface area contributed by atoms with E-state index in [1.165, 1.54) is 24.4 Å². The van der Waals surface area contributed by atoms with Crippen LogP contribution in [0.4, 0.5) is 21.7 Å². The van der Waals surface area contributed by atoms with Crippen LogP contribution >= 0.6 is 11.6 Å². The number of nitro benzene ring substituents is 1. The molecule has 4 aromatic rings. The van der Waals surface area contributed by atoms with E-state index in [-0.39, 0.29) is 17.4 Å². The second-order valence-electron chi connectivity index (χ2n) is 7.43. The summed E-state index contributed by atoms with van der Waals surface area (Å²) in [5, 5.41) is 15.5. The van der Waals surface area contributed by atoms with Crippen molar-refractivity contribution < 1.29 is 14.1 Å². The lowest BCUT2D eigenvalue weighted by molar-refractivity contribution is -0.387. The molecule has 0 saturated heterocycles. The van der Waals surface area contributed by atoms with Gasteiger partial charge in [0, 0.05) is 35.8 Å². The molecule has 10 heteroatoms. The zero-order chi connectivity index (χ0) is 22.4. The Hall–Kier alpha value is -3.72. The van der Waals surface area contributed by atoms with Gasteiger partial charge in [-0.3, -0.25) is 10.1 Å². The summed E-state index contributed by atoms with van der Waals surface area (Å²) in [6.07, 6.45) is 5.58. The minimum absolute atomic E-state index is 0.0836. The molecule has 0 atom stereocenters. The van der Waals surface area contributed by atoms with Crippen molar-refractivity contribution >= 4 is 39.8 Å². The Morgan fingerprint density at radius 1 is 1.34 bits per heavy atom. The number of hydrogen-bond acceptors (Lipinski definition) is 6. The lowest BCUT2D eigenvalue weighted by Gasteiger charge is -2.14. The van der Waals surface area contributed by atoms with Crippen molar-refractivity contribution in [3.8, 4) is 17.0 Å². The van der Waals surface area contributed by atoms with Gasteiger partial charge in [-0.1, -0.05) is 29.8 Å². The first kappa shape index (κ1) is 20.2. The van der Waals surface area contributed by atoms with Crippen LogP contribution in [0.3, 0.4) is 0 Å². The summed E-state index contributed by atoms with van der Waals surface area (Å²) >= 11 is 6.46. The molecule has 5 rings (SSSR count). The zero-order valence-electron chi connectivity index (χ0n) is 16.9. The molecule has 32 heavy (non-hydrogen) atoms. The minimum Gasteiger partial charge on any atom is -0.494 e. The molecular weight excluding hydrogens is 437 g/mol. The highest BCUT2D eigenvalue weighted by molar-refractivity contribution is 6.33. The molecule has 8 nitrogen and oxygen atoms in total. The molecule has 0 spiro atoms. The topological polar surface area (TPSA) is 95.1 Å². The Kier molecular flexibility index (Phi) is 4.90. The van der Waals surface area contributed by atoms with Crippen LogP contribution in [-0.2, 0) is 13.0 Å². The van der Waals surface area contributed by atoms with E-state index in [0.29, 0.717) is 10.7 Å². The molecule has 0 unspecified atom stereocenters. The third-order valence-corrected chi connectivity index (χ3v) is 5.81. The van der Waals surface area contributed by atoms with Crippen LogP contribution < -0.4 is 10.1 Å². The van der Waals surface area contributed by atoms with Gasteiger partial charge in [0.1, 0.15) is 5.75 Å². The zero-order valence-corrected chi connectivity index (χ0v) is 17.7. The van der Waals surface area contributed by atoms with Crippen LogP contribution in [0.1, 0.15) is 12.0 Å². The molecule has 1 N–H and O–H groups in total. The molecule has 162 valence electrons. The maximum atomic E-state index is 14.0. The van der Waals surface area contributed by atoms with Crippen molar-refractivity contribution in [3.63, 3.8) is 0 Å². The molecule has 2 aromatic carbocycles. The smallest absolute Gasteiger partial charge is 0.307 e. The molecule has 1 aliphatic rings. The number of halogens is 2. The maximum Gasteiger partial charge on any atom is 0.307 e. The number of anilines is 2. The lowest BCUT2D eigenvalue weighted by atomic mass is 10.0. The standard InChI is InChI=1S/C22H17ClFN5O3/c1-32-19-8-16(24)18(29(30)31)9-17(19)26-22-25-10-15(23)20(27-22)14-11-28-7-3-5-12-4-2-6-13(14)21(12)28/h2,4,6,8-11H,3,5,7H2,1H3,(H,25,26,27). The van der Waals surface area contributed by atoms with Gasteiger partial charge in [0.15, 0.2) is 0 Å². The largest absolute Gasteiger partial charge is 0.494 e. The van der Waals surface area contributed by atoms with Gasteiger partial charge in [0.2, 0.25) is 11.8 Å². The van der Waals surface area contributed by atoms with Gasteiger partial charge in [-0.2, -0.15) is 4.39 Å². The van der Waals surface area contributed by atoms with Gasteiger partial charge >= 0.3 is 5.69 Å². The average molecular weight is 454 g/mol. The molecule has 1 aliphatic heterocycles. The highest BCUT2D eigenvalue weighted by Crippen LogP contribution is 2.38. The highest BCUT2D eigenvalue weighted by Gasteiger charge is 2.22. The quantitative estimate of drug-likeness (QED) is 0.317. The fourth-order valence-corrected chi connectivity index (χ4v) is 4.32. The predicted octanol–water partition coefficient (Wildman–Crippen LogP) is 5.50. The van der Waals surface area contributed by atoms with Crippen LogP contribution in [0.2, 0.25) is 5.02 Å². The number of nitrogens with zero attached hydrogens (tertiary/aromatic N) is 4. The van der Waals surface area contributed by atoms with E-state index in [9.17, 15) is 14.5 Å². The number of methoxy groups -OCH3 is 1. The summed E-state index contributed by atoms with van der Waals surface area (Å²) in [5.41, 5.74) is 3.34. The van der Waals surface area contributed by atoms with Crippen molar-refractivity contribution in [2.24, 2.45) is 0 Å². The molecule has 0 fully saturated rings. The third-order valence-electron chi connectivity index (χ3n) is 5.54. The number of benzene rings is 2. The first-order chi connectivity index (χ1) is 15.5. The molecule has 0 saturated carbocycles. The van der Waals surface area contributed by atoms with Crippen molar-refractivity contribution in [1.82, 2.24) is 14.5 Å². The van der Waals surface area contributed by atoms with Crippen molar-refractivity contribution in [3.05, 3.63) is 69.2 Å². The van der Waals surface area contributed by atoms with Crippen LogP contribution in [0, 0.1) is 15.9 Å². The number of nitro groups is 1. The third kappa shape index (κ3) is 3.31. The van der Waals surface area contributed by atoms with E-state index < -0.39 is 16.4 Å². The fourth-order valence-electron chi connectivity index (χ4n) is 4.13. The monoisotopic (exact) mass is 453 g/mol. The molecule has 2 aromatic heterocycles. The van der Waals surface area contributed by atoms with Crippen molar-refractivity contribution in [2.45, 2.75) is 19.4 Å². The SMILES string of the molecule is COc1cc(F)c([N+](=O)[O-])cc1Nc1ncc(Cl)c(-c2cn3c4c(cccc24)CCC3)n1. The molecule has 0 radical (unpaired) electrons. The second kappa shape index (κ2) is 7.76. The number of aromatic nitrogens is 3. The van der Waals surface area contributed by atoms with E-state index in [1.807, 2.05) is 18.3 Å². The number of nitrogens with one attached hydrogen (secondary N) is 1. The fraction of sp³-hybridized carbons (Fsp3) is 0.182. The highest BCUT2D eigenvalue weighted by atomic mass is 35.5. The van der Waals surface area contributed by atoms with Gasteiger partial charge in [0.05, 0.1) is 40.2 Å². The molecule has 0 amide bonds. The Balaban J connectivity index is 1.60. The van der Waals surface area contributed by atoms with Crippen LogP contribution in [0.25, 0.3) is 22.2 Å². The van der Waals surface area contributed by atoms with Crippen LogP contribution in [0.5, 0.6) is 5.75 Å². The number of ether oxygens (including phenoxy) is 1. The van der Waals surface area contributed by atoms with Gasteiger partial charge in [-0.05, 0) is 18.4 Å². The first-order valence-electron chi connectivity index (χ1n) is 9.89. The summed E-state index contributed by atoms with van der Waals surface area (Å²) in [5.74, 6) is -0.764. The van der Waals surface area contributed by atoms with Gasteiger partial charge in [-0.15, -0.1) is 0 Å². The van der Waals surface area contributed by atoms with Gasteiger partial charge in [-0.25, -0.2) is 9.97 Å². The van der Waals surface area contributed by atoms with E-state index in [0.717, 1.165) is 42.5 Å². The van der Waals surface area contributed by atoms with E-state index in [4.69, 9.17) is 16.3 Å². The van der Waals surface area contributed by atoms with Gasteiger partial charge < -0.3 is 14.6 Å². The van der Waals surface area contributed by atoms with Crippen molar-refractivity contribution in [1.29, 1.82) is 0 Å². The number of rotatable bonds is 5. The minimum atomic E-state index is -0.996. The normalized spacial score (nSPS) is 12.7. The average Bonchev–Trinajstić information content (AvgIpc) is 3.16. The second-order valence-corrected chi connectivity index (χ2v) is 7.84. The Bertz CT molecular complexity index is 1390. The van der Waals surface area contributed by atoms with E-state index >= 15 is 0 Å². The Morgan fingerprint density at radius 2 is 2.19 bits per heavy atom. The lowest BCUT2D eigenvalue weighted by Crippen LogP contribution is -2.05. The summed E-state index contributed by atoms with van der Waals surface area (Å²) < 4.78 is 21.3. The van der Waals surface area contributed by atoms with Gasteiger partial charge in [0.25, 0.3) is 0 Å². The molecular formula is C22H17ClFN5O3. The first-order valence-corrected chi connectivity index (χ1v) is 10.3. The maximum absolute atomic E-state index is 14.0. The molecule has 0 aliphatic carbocycles. The van der Waals surface area contributed by atoms with E-state index in [2.05, 4.69) is 25.9 Å². The summed E-state index contributed by atoms with van der Waals surface area (Å²) in [4.78, 5) is 19.1. The van der Waals surface area contributed by atoms with Crippen molar-refractivity contribution in [2.75, 3.05) is 12.4 Å². The number of aryl methyl sites for hydroxylation is 2. The summed E-state index contributed by atoms with van der Waals surface area (Å²) in [7, 11) is 1.34. The van der Waals surface area contributed by atoms with Crippen LogP contribution in [0.15, 0.2) is 42.7 Å². The predicted molar refractivity (Wildman–Crippen MR) is 119 cm³/mol.